The van der Waals surface area contributed by atoms with Crippen molar-refractivity contribution >= 4 is 24.0 Å². The first kappa shape index (κ1) is 17.4. The van der Waals surface area contributed by atoms with Crippen molar-refractivity contribution in [3.8, 4) is 0 Å². The summed E-state index contributed by atoms with van der Waals surface area (Å²) in [5.74, 6) is -0.945. The number of hydrogen-bond donors (Lipinski definition) is 2. The summed E-state index contributed by atoms with van der Waals surface area (Å²) in [4.78, 5) is 21.1. The van der Waals surface area contributed by atoms with E-state index in [0.717, 1.165) is 25.5 Å². The van der Waals surface area contributed by atoms with Crippen molar-refractivity contribution in [3.05, 3.63) is 0 Å². The average Bonchev–Trinajstić information content (AvgIpc) is 2.33. The zero-order valence-electron chi connectivity index (χ0n) is 10.8. The third-order valence-corrected chi connectivity index (χ3v) is 4.24. The van der Waals surface area contributed by atoms with E-state index < -0.39 is 18.1 Å². The molecule has 0 saturated carbocycles. The van der Waals surface area contributed by atoms with Gasteiger partial charge in [0.25, 0.3) is 0 Å². The number of unbranched alkanes of at least 4 members (excludes halogenated alkanes) is 2. The van der Waals surface area contributed by atoms with Crippen LogP contribution in [0, 0.1) is 0 Å². The van der Waals surface area contributed by atoms with E-state index in [9.17, 15) is 19.8 Å². The smallest absolute Gasteiger partial charge is 0.134 e. The number of carboxylic acid groups (broad SMARTS) is 1. The van der Waals surface area contributed by atoms with Crippen molar-refractivity contribution in [2.75, 3.05) is 5.75 Å². The maximum atomic E-state index is 10.6. The fourth-order valence-electron chi connectivity index (χ4n) is 1.53. The molecule has 4 N–H and O–H groups in total. The fraction of sp³-hybridized carbons (Fsp3) is 0.833. The molecule has 0 aliphatic rings. The minimum absolute atomic E-state index is 0.234. The Bertz CT molecular complexity index is 250. The molecule has 18 heavy (non-hydrogen) atoms. The van der Waals surface area contributed by atoms with Gasteiger partial charge in [-0.25, -0.2) is 0 Å². The van der Waals surface area contributed by atoms with Gasteiger partial charge in [0.05, 0.1) is 17.8 Å². The van der Waals surface area contributed by atoms with Crippen molar-refractivity contribution in [3.63, 3.8) is 0 Å². The number of carbonyl (C=O) groups excluding carboxylic acids is 2. The van der Waals surface area contributed by atoms with Crippen molar-refractivity contribution in [2.24, 2.45) is 0 Å². The molecule has 0 heterocycles. The maximum Gasteiger partial charge on any atom is 0.134 e. The first-order valence-corrected chi connectivity index (χ1v) is 7.35. The molecular formula is C12H23NO4S. The van der Waals surface area contributed by atoms with Crippen LogP contribution < -0.4 is 10.8 Å². The number of thioether (sulfide) groups is 1. The largest absolute Gasteiger partial charge is 0.544 e. The zero-order valence-corrected chi connectivity index (χ0v) is 11.7. The standard InChI is InChI=1S/C12H23NO4S/c1-2-3-4-5-10(15)11(6-7-14)18-8-9(13)12(16)17/h7,9-11,15H,2-6,8,13H2,1H3,(H,16,17). The Morgan fingerprint density at radius 2 is 2.17 bits per heavy atom. The molecule has 0 fully saturated rings. The van der Waals surface area contributed by atoms with Crippen molar-refractivity contribution < 1.29 is 25.5 Å². The van der Waals surface area contributed by atoms with Crippen LogP contribution in [0.5, 0.6) is 0 Å². The van der Waals surface area contributed by atoms with Crippen LogP contribution in [-0.4, -0.2) is 40.5 Å². The van der Waals surface area contributed by atoms with E-state index in [2.05, 4.69) is 12.7 Å². The molecular weight excluding hydrogens is 254 g/mol. The van der Waals surface area contributed by atoms with E-state index in [1.54, 1.807) is 0 Å². The molecule has 0 rings (SSSR count). The fourth-order valence-corrected chi connectivity index (χ4v) is 2.72. The number of carbonyl (C=O) groups is 2. The van der Waals surface area contributed by atoms with Gasteiger partial charge in [-0.2, -0.15) is 0 Å². The molecule has 0 aromatic heterocycles. The van der Waals surface area contributed by atoms with Crippen LogP contribution in [0.1, 0.15) is 39.0 Å². The second kappa shape index (κ2) is 10.3. The molecule has 0 bridgehead atoms. The lowest BCUT2D eigenvalue weighted by atomic mass is 10.1. The van der Waals surface area contributed by atoms with Crippen LogP contribution in [0.3, 0.4) is 0 Å². The van der Waals surface area contributed by atoms with E-state index in [4.69, 9.17) is 0 Å². The van der Waals surface area contributed by atoms with Crippen LogP contribution >= 0.6 is 11.8 Å². The number of quaternary nitrogens is 1. The van der Waals surface area contributed by atoms with Crippen LogP contribution in [0.2, 0.25) is 0 Å². The Kier molecular flexibility index (Phi) is 10.0. The lowest BCUT2D eigenvalue weighted by Gasteiger charge is -2.21. The lowest BCUT2D eigenvalue weighted by Crippen LogP contribution is -2.69. The highest BCUT2D eigenvalue weighted by atomic mass is 32.2. The highest BCUT2D eigenvalue weighted by molar-refractivity contribution is 8.00. The van der Waals surface area contributed by atoms with Gasteiger partial charge >= 0.3 is 0 Å². The summed E-state index contributed by atoms with van der Waals surface area (Å²) >= 11 is 1.28. The SMILES string of the molecule is CCCCCC(O)C(CC=O)SCC([NH3+])C(=O)[O-]. The molecule has 0 aromatic carbocycles. The molecule has 5 nitrogen and oxygen atoms in total. The summed E-state index contributed by atoms with van der Waals surface area (Å²) in [6.45, 7) is 2.08. The minimum Gasteiger partial charge on any atom is -0.544 e. The highest BCUT2D eigenvalue weighted by Crippen LogP contribution is 2.21. The van der Waals surface area contributed by atoms with Crippen LogP contribution in [0.15, 0.2) is 0 Å². The third kappa shape index (κ3) is 7.68. The molecule has 0 amide bonds. The average molecular weight is 277 g/mol. The van der Waals surface area contributed by atoms with Gasteiger partial charge in [-0.3, -0.25) is 0 Å². The molecule has 0 radical (unpaired) electrons. The van der Waals surface area contributed by atoms with Gasteiger partial charge in [0.15, 0.2) is 0 Å². The van der Waals surface area contributed by atoms with Gasteiger partial charge in [-0.1, -0.05) is 26.2 Å². The lowest BCUT2D eigenvalue weighted by molar-refractivity contribution is -0.431. The predicted molar refractivity (Wildman–Crippen MR) is 68.8 cm³/mol. The summed E-state index contributed by atoms with van der Waals surface area (Å²) in [5.41, 5.74) is 3.45. The number of rotatable bonds is 11. The molecule has 0 spiro atoms. The van der Waals surface area contributed by atoms with Gasteiger partial charge in [-0.05, 0) is 6.42 Å². The van der Waals surface area contributed by atoms with E-state index in [-0.39, 0.29) is 17.4 Å². The number of aliphatic hydroxyl groups excluding tert-OH is 1. The van der Waals surface area contributed by atoms with Crippen LogP contribution in [0.25, 0.3) is 0 Å². The molecule has 6 heteroatoms. The van der Waals surface area contributed by atoms with Crippen LogP contribution in [-0.2, 0) is 9.59 Å². The third-order valence-electron chi connectivity index (χ3n) is 2.71. The normalized spacial score (nSPS) is 15.9. The quantitative estimate of drug-likeness (QED) is 0.371. The molecule has 106 valence electrons. The molecule has 0 aliphatic heterocycles. The van der Waals surface area contributed by atoms with Gasteiger partial charge in [0.2, 0.25) is 0 Å². The second-order valence-electron chi connectivity index (χ2n) is 4.35. The highest BCUT2D eigenvalue weighted by Gasteiger charge is 2.21. The van der Waals surface area contributed by atoms with E-state index >= 15 is 0 Å². The number of aliphatic carboxylic acids is 1. The number of aliphatic hydroxyl groups is 1. The summed E-state index contributed by atoms with van der Waals surface area (Å²) in [5, 5.41) is 20.2. The summed E-state index contributed by atoms with van der Waals surface area (Å²) in [6.07, 6.45) is 4.11. The summed E-state index contributed by atoms with van der Waals surface area (Å²) in [6, 6.07) is -0.813. The van der Waals surface area contributed by atoms with Gasteiger partial charge in [-0.15, -0.1) is 11.8 Å². The molecule has 0 saturated heterocycles. The molecule has 0 aliphatic carbocycles. The molecule has 3 atom stereocenters. The Morgan fingerprint density at radius 3 is 2.67 bits per heavy atom. The van der Waals surface area contributed by atoms with Crippen molar-refractivity contribution in [1.82, 2.24) is 0 Å². The molecule has 0 aromatic rings. The summed E-state index contributed by atoms with van der Waals surface area (Å²) in [7, 11) is 0. The van der Waals surface area contributed by atoms with Crippen molar-refractivity contribution in [1.29, 1.82) is 0 Å². The van der Waals surface area contributed by atoms with Gasteiger partial charge in [0.1, 0.15) is 12.3 Å². The Balaban J connectivity index is 4.10. The van der Waals surface area contributed by atoms with Gasteiger partial charge < -0.3 is 25.5 Å². The number of hydrogen-bond acceptors (Lipinski definition) is 5. The number of aldehydes is 1. The van der Waals surface area contributed by atoms with E-state index in [0.29, 0.717) is 6.42 Å². The van der Waals surface area contributed by atoms with Gasteiger partial charge in [0, 0.05) is 11.7 Å². The predicted octanol–water partition coefficient (Wildman–Crippen LogP) is -1.02. The first-order valence-electron chi connectivity index (χ1n) is 6.30. The Labute approximate surface area is 112 Å². The zero-order chi connectivity index (χ0) is 14.0. The maximum absolute atomic E-state index is 10.6. The minimum atomic E-state index is -1.20. The van der Waals surface area contributed by atoms with E-state index in [1.165, 1.54) is 11.8 Å². The van der Waals surface area contributed by atoms with Crippen LogP contribution in [0.4, 0.5) is 0 Å². The second-order valence-corrected chi connectivity index (χ2v) is 5.63. The monoisotopic (exact) mass is 277 g/mol. The first-order chi connectivity index (χ1) is 8.52. The molecule has 3 unspecified atom stereocenters. The van der Waals surface area contributed by atoms with Crippen molar-refractivity contribution in [2.45, 2.75) is 56.4 Å². The number of carboxylic acids is 1. The summed E-state index contributed by atoms with van der Waals surface area (Å²) < 4.78 is 0. The van der Waals surface area contributed by atoms with E-state index in [1.807, 2.05) is 0 Å². The Morgan fingerprint density at radius 1 is 1.50 bits per heavy atom. The Hall–Kier alpha value is -0.590. The topological polar surface area (TPSA) is 105 Å².